The molecule has 2 aromatic rings. The summed E-state index contributed by atoms with van der Waals surface area (Å²) >= 11 is 0. The number of hydrogen-bond donors (Lipinski definition) is 2. The highest BCUT2D eigenvalue weighted by atomic mass is 19.4. The van der Waals surface area contributed by atoms with Gasteiger partial charge in [0.2, 0.25) is 0 Å². The van der Waals surface area contributed by atoms with Crippen LogP contribution in [-0.2, 0) is 25.6 Å². The lowest BCUT2D eigenvalue weighted by molar-refractivity contribution is -0.142. The fourth-order valence-corrected chi connectivity index (χ4v) is 5.00. The lowest BCUT2D eigenvalue weighted by Gasteiger charge is -2.38. The summed E-state index contributed by atoms with van der Waals surface area (Å²) in [6, 6.07) is 5.19. The van der Waals surface area contributed by atoms with E-state index in [9.17, 15) is 22.7 Å². The molecule has 1 aromatic carbocycles. The van der Waals surface area contributed by atoms with Crippen LogP contribution in [0.25, 0.3) is 0 Å². The third-order valence-corrected chi connectivity index (χ3v) is 6.98. The number of aromatic nitrogens is 2. The Morgan fingerprint density at radius 3 is 2.61 bits per heavy atom. The van der Waals surface area contributed by atoms with Crippen LogP contribution in [0.3, 0.4) is 0 Å². The molecule has 3 atom stereocenters. The highest BCUT2D eigenvalue weighted by Crippen LogP contribution is 2.34. The molecule has 0 radical (unpaired) electrons. The molecule has 0 aliphatic carbocycles. The number of aliphatic hydroxyl groups excluding tert-OH is 1. The van der Waals surface area contributed by atoms with Gasteiger partial charge in [-0.15, -0.1) is 0 Å². The van der Waals surface area contributed by atoms with Crippen LogP contribution in [0.5, 0.6) is 0 Å². The van der Waals surface area contributed by atoms with Gasteiger partial charge in [-0.1, -0.05) is 25.6 Å². The van der Waals surface area contributed by atoms with Crippen molar-refractivity contribution in [1.82, 2.24) is 19.8 Å². The number of alkyl halides is 3. The van der Waals surface area contributed by atoms with Gasteiger partial charge in [0.25, 0.3) is 0 Å². The third-order valence-electron chi connectivity index (χ3n) is 6.98. The van der Waals surface area contributed by atoms with Crippen molar-refractivity contribution in [1.29, 1.82) is 0 Å². The molecule has 3 heterocycles. The summed E-state index contributed by atoms with van der Waals surface area (Å²) in [5.74, 6) is 0.138. The molecule has 2 aliphatic rings. The first kappa shape index (κ1) is 26.5. The van der Waals surface area contributed by atoms with Crippen LogP contribution < -0.4 is 5.73 Å². The van der Waals surface area contributed by atoms with Gasteiger partial charge in [-0.2, -0.15) is 13.2 Å². The average Bonchev–Trinajstić information content (AvgIpc) is 2.81. The van der Waals surface area contributed by atoms with E-state index in [1.165, 1.54) is 24.3 Å². The molecule has 0 saturated carbocycles. The fraction of sp³-hybridized carbons (Fsp3) is 0.538. The van der Waals surface area contributed by atoms with E-state index in [1.807, 2.05) is 0 Å². The maximum absolute atomic E-state index is 13.8. The normalized spacial score (nSPS) is 20.8. The summed E-state index contributed by atoms with van der Waals surface area (Å²) in [5.41, 5.74) is 7.39. The van der Waals surface area contributed by atoms with Crippen LogP contribution in [0, 0.1) is 11.7 Å². The number of nitrogens with two attached hydrogens (primary N) is 1. The molecule has 10 heteroatoms. The topological polar surface area (TPSA) is 78.5 Å². The minimum absolute atomic E-state index is 0.0125. The molecular formula is C26H33F4N5O. The number of nitrogens with zero attached hydrogens (tertiary/aromatic N) is 4. The number of likely N-dealkylation sites (tertiary alicyclic amines) is 1. The Balaban J connectivity index is 1.47. The van der Waals surface area contributed by atoms with Crippen LogP contribution in [0.4, 0.5) is 17.6 Å². The SMILES string of the molecule is C=C1CC[C@@H](C)CN1C[C@@H](N)CC(O)N1CCc2c(nc(Cc3ccc(F)cc3)nc2C(F)(F)F)C1. The van der Waals surface area contributed by atoms with Gasteiger partial charge in [0, 0.05) is 56.3 Å². The van der Waals surface area contributed by atoms with Crippen LogP contribution >= 0.6 is 0 Å². The number of rotatable bonds is 7. The van der Waals surface area contributed by atoms with E-state index in [0.29, 0.717) is 18.0 Å². The second-order valence-corrected chi connectivity index (χ2v) is 10.0. The van der Waals surface area contributed by atoms with Crippen LogP contribution in [-0.4, -0.2) is 56.8 Å². The summed E-state index contributed by atoms with van der Waals surface area (Å²) in [5, 5.41) is 10.9. The van der Waals surface area contributed by atoms with E-state index in [1.54, 1.807) is 4.90 Å². The van der Waals surface area contributed by atoms with Crippen molar-refractivity contribution < 1.29 is 22.7 Å². The predicted molar refractivity (Wildman–Crippen MR) is 128 cm³/mol. The smallest absolute Gasteiger partial charge is 0.378 e. The first-order valence-corrected chi connectivity index (χ1v) is 12.3. The highest BCUT2D eigenvalue weighted by Gasteiger charge is 2.39. The van der Waals surface area contributed by atoms with Gasteiger partial charge in [-0.05, 0) is 42.9 Å². The Labute approximate surface area is 208 Å². The lowest BCUT2D eigenvalue weighted by Crippen LogP contribution is -2.47. The summed E-state index contributed by atoms with van der Waals surface area (Å²) in [7, 11) is 0. The number of hydrogen-bond acceptors (Lipinski definition) is 6. The fourth-order valence-electron chi connectivity index (χ4n) is 5.00. The van der Waals surface area contributed by atoms with E-state index in [-0.39, 0.29) is 55.5 Å². The van der Waals surface area contributed by atoms with Crippen molar-refractivity contribution in [3.63, 3.8) is 0 Å². The molecular weight excluding hydrogens is 474 g/mol. The van der Waals surface area contributed by atoms with Gasteiger partial charge in [-0.3, -0.25) is 4.90 Å². The molecule has 3 N–H and O–H groups in total. The zero-order chi connectivity index (χ0) is 26.0. The predicted octanol–water partition coefficient (Wildman–Crippen LogP) is 3.86. The van der Waals surface area contributed by atoms with Crippen LogP contribution in [0.2, 0.25) is 0 Å². The van der Waals surface area contributed by atoms with Crippen molar-refractivity contribution in [3.8, 4) is 0 Å². The molecule has 4 rings (SSSR count). The van der Waals surface area contributed by atoms with Crippen molar-refractivity contribution >= 4 is 0 Å². The Kier molecular flexibility index (Phi) is 7.96. The van der Waals surface area contributed by atoms with Crippen molar-refractivity contribution in [3.05, 3.63) is 70.7 Å². The van der Waals surface area contributed by atoms with Crippen molar-refractivity contribution in [2.45, 2.75) is 64.0 Å². The number of allylic oxidation sites excluding steroid dienone is 1. The summed E-state index contributed by atoms with van der Waals surface area (Å²) in [6.07, 6.45) is -3.09. The molecule has 1 fully saturated rings. The van der Waals surface area contributed by atoms with E-state index in [2.05, 4.69) is 28.4 Å². The molecule has 0 spiro atoms. The molecule has 1 saturated heterocycles. The largest absolute Gasteiger partial charge is 0.433 e. The van der Waals surface area contributed by atoms with E-state index in [0.717, 1.165) is 25.1 Å². The summed E-state index contributed by atoms with van der Waals surface area (Å²) < 4.78 is 54.7. The number of halogens is 4. The van der Waals surface area contributed by atoms with Crippen molar-refractivity contribution in [2.75, 3.05) is 19.6 Å². The molecule has 196 valence electrons. The first-order valence-electron chi connectivity index (χ1n) is 12.3. The third kappa shape index (κ3) is 6.41. The summed E-state index contributed by atoms with van der Waals surface area (Å²) in [6.45, 7) is 8.08. The first-order chi connectivity index (χ1) is 17.0. The lowest BCUT2D eigenvalue weighted by atomic mass is 9.97. The highest BCUT2D eigenvalue weighted by molar-refractivity contribution is 5.32. The standard InChI is InChI=1S/C26H33F4N5O/c1-16-3-4-17(2)35(13-16)14-20(31)12-24(36)34-10-9-21-22(15-34)32-23(33-25(21)26(28,29)30)11-18-5-7-19(27)8-6-18/h5-8,16,20,24,36H,2-4,9-15,31H2,1H3/t16-,20+,24?/m1/s1. The second kappa shape index (κ2) is 10.8. The molecule has 6 nitrogen and oxygen atoms in total. The van der Waals surface area contributed by atoms with Gasteiger partial charge in [-0.25, -0.2) is 14.4 Å². The zero-order valence-electron chi connectivity index (χ0n) is 20.4. The van der Waals surface area contributed by atoms with E-state index < -0.39 is 23.9 Å². The van der Waals surface area contributed by atoms with Gasteiger partial charge < -0.3 is 15.7 Å². The van der Waals surface area contributed by atoms with Gasteiger partial charge in [0.05, 0.1) is 5.69 Å². The van der Waals surface area contributed by atoms with Gasteiger partial charge in [0.1, 0.15) is 17.9 Å². The molecule has 36 heavy (non-hydrogen) atoms. The quantitative estimate of drug-likeness (QED) is 0.554. The molecule has 1 unspecified atom stereocenters. The number of aliphatic hydroxyl groups is 1. The maximum atomic E-state index is 13.8. The Morgan fingerprint density at radius 1 is 1.19 bits per heavy atom. The minimum atomic E-state index is -4.62. The molecule has 0 amide bonds. The van der Waals surface area contributed by atoms with Gasteiger partial charge >= 0.3 is 6.18 Å². The summed E-state index contributed by atoms with van der Waals surface area (Å²) in [4.78, 5) is 12.1. The number of piperidine rings is 1. The Morgan fingerprint density at radius 2 is 1.92 bits per heavy atom. The van der Waals surface area contributed by atoms with E-state index in [4.69, 9.17) is 5.73 Å². The van der Waals surface area contributed by atoms with Crippen LogP contribution in [0.15, 0.2) is 36.5 Å². The van der Waals surface area contributed by atoms with Gasteiger partial charge in [0.15, 0.2) is 5.69 Å². The van der Waals surface area contributed by atoms with Crippen LogP contribution in [0.1, 0.15) is 54.5 Å². The number of benzene rings is 1. The monoisotopic (exact) mass is 507 g/mol. The Bertz CT molecular complexity index is 1080. The number of fused-ring (bicyclic) bond motifs is 1. The Hall–Kier alpha value is -2.56. The molecule has 0 bridgehead atoms. The maximum Gasteiger partial charge on any atom is 0.433 e. The van der Waals surface area contributed by atoms with E-state index >= 15 is 0 Å². The molecule has 1 aromatic heterocycles. The molecule has 2 aliphatic heterocycles. The van der Waals surface area contributed by atoms with Crippen molar-refractivity contribution in [2.24, 2.45) is 11.7 Å². The minimum Gasteiger partial charge on any atom is -0.378 e. The average molecular weight is 508 g/mol. The second-order valence-electron chi connectivity index (χ2n) is 10.0. The zero-order valence-corrected chi connectivity index (χ0v) is 20.4.